The Kier molecular flexibility index (Phi) is 6.49. The van der Waals surface area contributed by atoms with Crippen LogP contribution < -0.4 is 5.73 Å². The average molecular weight is 344 g/mol. The lowest BCUT2D eigenvalue weighted by molar-refractivity contribution is -0.122. The van der Waals surface area contributed by atoms with Crippen molar-refractivity contribution in [1.82, 2.24) is 4.90 Å². The van der Waals surface area contributed by atoms with Crippen LogP contribution in [0.3, 0.4) is 0 Å². The SMILES string of the molecule is NC(=O)[C@H](Cc1ccccc1)CC(O)CN1CC[C@@H]2CCCC[C@@H]2C1. The standard InChI is InChI=1S/C21H32N2O2/c22-21(25)19(12-16-6-2-1-3-7-16)13-20(24)15-23-11-10-17-8-4-5-9-18(17)14-23/h1-3,6-7,17-20,24H,4-5,8-15H2,(H2,22,25)/t17-,18+,19+,20?/m0/s1. The predicted molar refractivity (Wildman–Crippen MR) is 100.0 cm³/mol. The van der Waals surface area contributed by atoms with Crippen LogP contribution in [0.5, 0.6) is 0 Å². The van der Waals surface area contributed by atoms with E-state index in [0.717, 1.165) is 30.5 Å². The van der Waals surface area contributed by atoms with Crippen LogP contribution in [0.4, 0.5) is 0 Å². The van der Waals surface area contributed by atoms with Gasteiger partial charge in [-0.05, 0) is 49.6 Å². The number of nitrogens with two attached hydrogens (primary N) is 1. The Morgan fingerprint density at radius 1 is 1.16 bits per heavy atom. The highest BCUT2D eigenvalue weighted by molar-refractivity contribution is 5.77. The molecule has 4 heteroatoms. The van der Waals surface area contributed by atoms with Gasteiger partial charge in [0.1, 0.15) is 0 Å². The van der Waals surface area contributed by atoms with Crippen molar-refractivity contribution in [2.24, 2.45) is 23.5 Å². The fraction of sp³-hybridized carbons (Fsp3) is 0.667. The highest BCUT2D eigenvalue weighted by atomic mass is 16.3. The fourth-order valence-corrected chi connectivity index (χ4v) is 4.74. The van der Waals surface area contributed by atoms with Gasteiger partial charge in [-0.15, -0.1) is 0 Å². The maximum atomic E-state index is 11.8. The van der Waals surface area contributed by atoms with Gasteiger partial charge < -0.3 is 15.7 Å². The zero-order valence-electron chi connectivity index (χ0n) is 15.1. The lowest BCUT2D eigenvalue weighted by Gasteiger charge is -2.42. The molecule has 4 nitrogen and oxygen atoms in total. The van der Waals surface area contributed by atoms with Crippen molar-refractivity contribution in [3.63, 3.8) is 0 Å². The highest BCUT2D eigenvalue weighted by Gasteiger charge is 2.32. The molecule has 1 aliphatic carbocycles. The summed E-state index contributed by atoms with van der Waals surface area (Å²) in [5.74, 6) is 1.10. The molecule has 138 valence electrons. The molecule has 1 amide bonds. The Morgan fingerprint density at radius 2 is 1.88 bits per heavy atom. The summed E-state index contributed by atoms with van der Waals surface area (Å²) < 4.78 is 0. The van der Waals surface area contributed by atoms with Crippen LogP contribution >= 0.6 is 0 Å². The van der Waals surface area contributed by atoms with Gasteiger partial charge in [0.15, 0.2) is 0 Å². The second-order valence-corrected chi connectivity index (χ2v) is 8.03. The summed E-state index contributed by atoms with van der Waals surface area (Å²) in [6.07, 6.45) is 7.33. The molecule has 2 aliphatic rings. The van der Waals surface area contributed by atoms with E-state index < -0.39 is 6.10 Å². The molecule has 0 spiro atoms. The van der Waals surface area contributed by atoms with Crippen molar-refractivity contribution in [1.29, 1.82) is 0 Å². The molecule has 0 radical (unpaired) electrons. The lowest BCUT2D eigenvalue weighted by atomic mass is 9.75. The predicted octanol–water partition coefficient (Wildman–Crippen LogP) is 2.59. The van der Waals surface area contributed by atoms with Gasteiger partial charge in [-0.3, -0.25) is 4.79 Å². The number of fused-ring (bicyclic) bond motifs is 1. The molecule has 1 saturated carbocycles. The van der Waals surface area contributed by atoms with Crippen molar-refractivity contribution < 1.29 is 9.90 Å². The van der Waals surface area contributed by atoms with Crippen LogP contribution in [0, 0.1) is 17.8 Å². The molecule has 3 rings (SSSR count). The number of carbonyl (C=O) groups excluding carboxylic acids is 1. The monoisotopic (exact) mass is 344 g/mol. The minimum absolute atomic E-state index is 0.301. The van der Waals surface area contributed by atoms with Gasteiger partial charge in [-0.1, -0.05) is 49.6 Å². The number of amides is 1. The van der Waals surface area contributed by atoms with E-state index in [9.17, 15) is 9.90 Å². The van der Waals surface area contributed by atoms with Crippen LogP contribution in [-0.4, -0.2) is 41.7 Å². The quantitative estimate of drug-likeness (QED) is 0.799. The first-order valence-corrected chi connectivity index (χ1v) is 9.85. The first-order valence-electron chi connectivity index (χ1n) is 9.85. The van der Waals surface area contributed by atoms with Crippen molar-refractivity contribution >= 4 is 5.91 Å². The van der Waals surface area contributed by atoms with E-state index in [2.05, 4.69) is 4.90 Å². The molecule has 1 aromatic rings. The summed E-state index contributed by atoms with van der Waals surface area (Å²) in [7, 11) is 0. The number of aliphatic hydroxyl groups is 1. The second-order valence-electron chi connectivity index (χ2n) is 8.03. The number of hydrogen-bond donors (Lipinski definition) is 2. The summed E-state index contributed by atoms with van der Waals surface area (Å²) in [5, 5.41) is 10.5. The molecule has 1 aromatic carbocycles. The minimum Gasteiger partial charge on any atom is -0.392 e. The number of hydrogen-bond acceptors (Lipinski definition) is 3. The normalized spacial score (nSPS) is 26.6. The summed E-state index contributed by atoms with van der Waals surface area (Å²) >= 11 is 0. The van der Waals surface area contributed by atoms with E-state index in [1.807, 2.05) is 30.3 Å². The summed E-state index contributed by atoms with van der Waals surface area (Å²) in [5.41, 5.74) is 6.69. The number of nitrogens with zero attached hydrogens (tertiary/aromatic N) is 1. The Balaban J connectivity index is 1.49. The first-order chi connectivity index (χ1) is 12.1. The fourth-order valence-electron chi connectivity index (χ4n) is 4.74. The van der Waals surface area contributed by atoms with Crippen LogP contribution in [0.2, 0.25) is 0 Å². The summed E-state index contributed by atoms with van der Waals surface area (Å²) in [4.78, 5) is 14.2. The lowest BCUT2D eigenvalue weighted by Crippen LogP contribution is -2.45. The smallest absolute Gasteiger partial charge is 0.220 e. The van der Waals surface area contributed by atoms with Gasteiger partial charge in [0.05, 0.1) is 6.10 Å². The van der Waals surface area contributed by atoms with Gasteiger partial charge in [-0.2, -0.15) is 0 Å². The van der Waals surface area contributed by atoms with Crippen LogP contribution in [0.25, 0.3) is 0 Å². The molecular weight excluding hydrogens is 312 g/mol. The summed E-state index contributed by atoms with van der Waals surface area (Å²) in [6.45, 7) is 2.86. The maximum Gasteiger partial charge on any atom is 0.220 e. The molecule has 25 heavy (non-hydrogen) atoms. The molecule has 3 N–H and O–H groups in total. The van der Waals surface area contributed by atoms with Crippen molar-refractivity contribution in [3.8, 4) is 0 Å². The molecule has 2 fully saturated rings. The zero-order chi connectivity index (χ0) is 17.6. The molecule has 0 aromatic heterocycles. The number of primary amides is 1. The van der Waals surface area contributed by atoms with Gasteiger partial charge in [0, 0.05) is 19.0 Å². The number of likely N-dealkylation sites (tertiary alicyclic amines) is 1. The third-order valence-electron chi connectivity index (χ3n) is 6.13. The Bertz CT molecular complexity index is 548. The Morgan fingerprint density at radius 3 is 2.60 bits per heavy atom. The Hall–Kier alpha value is -1.39. The summed E-state index contributed by atoms with van der Waals surface area (Å²) in [6, 6.07) is 9.93. The zero-order valence-corrected chi connectivity index (χ0v) is 15.1. The largest absolute Gasteiger partial charge is 0.392 e. The van der Waals surface area contributed by atoms with Crippen LogP contribution in [0.1, 0.15) is 44.1 Å². The molecule has 1 heterocycles. The van der Waals surface area contributed by atoms with Gasteiger partial charge >= 0.3 is 0 Å². The third-order valence-corrected chi connectivity index (χ3v) is 6.13. The average Bonchev–Trinajstić information content (AvgIpc) is 2.62. The van der Waals surface area contributed by atoms with E-state index in [1.54, 1.807) is 0 Å². The molecule has 1 saturated heterocycles. The topological polar surface area (TPSA) is 66.6 Å². The Labute approximate surface area is 151 Å². The third kappa shape index (κ3) is 5.29. The molecule has 0 bridgehead atoms. The molecular formula is C21H32N2O2. The number of piperidine rings is 1. The highest BCUT2D eigenvalue weighted by Crippen LogP contribution is 2.36. The number of aliphatic hydroxyl groups excluding tert-OH is 1. The maximum absolute atomic E-state index is 11.8. The number of benzene rings is 1. The second kappa shape index (κ2) is 8.81. The minimum atomic E-state index is -0.485. The van der Waals surface area contributed by atoms with E-state index in [0.29, 0.717) is 19.4 Å². The van der Waals surface area contributed by atoms with Crippen LogP contribution in [0.15, 0.2) is 30.3 Å². The molecule has 1 unspecified atom stereocenters. The van der Waals surface area contributed by atoms with Gasteiger partial charge in [0.2, 0.25) is 5.91 Å². The van der Waals surface area contributed by atoms with Crippen LogP contribution in [-0.2, 0) is 11.2 Å². The van der Waals surface area contributed by atoms with E-state index in [4.69, 9.17) is 5.73 Å². The number of β-amino-alcohol motifs (C(OH)–C–C–N with tert-alkyl or cyclic N) is 1. The van der Waals surface area contributed by atoms with Gasteiger partial charge in [-0.25, -0.2) is 0 Å². The van der Waals surface area contributed by atoms with Crippen molar-refractivity contribution in [2.45, 2.75) is 51.0 Å². The van der Waals surface area contributed by atoms with Crippen molar-refractivity contribution in [3.05, 3.63) is 35.9 Å². The number of carbonyl (C=O) groups is 1. The van der Waals surface area contributed by atoms with Gasteiger partial charge in [0.25, 0.3) is 0 Å². The number of rotatable bonds is 7. The van der Waals surface area contributed by atoms with E-state index in [-0.39, 0.29) is 11.8 Å². The van der Waals surface area contributed by atoms with E-state index in [1.165, 1.54) is 32.1 Å². The van der Waals surface area contributed by atoms with Crippen molar-refractivity contribution in [2.75, 3.05) is 19.6 Å². The first kappa shape index (κ1) is 18.4. The molecule has 4 atom stereocenters. The molecule has 1 aliphatic heterocycles. The van der Waals surface area contributed by atoms with E-state index >= 15 is 0 Å².